The van der Waals surface area contributed by atoms with E-state index in [-0.39, 0.29) is 4.90 Å². The SMILES string of the molecule is COc1ccc(N(CC(=O)N/N=C/c2cc(C)n(-c3ccc(C)cc3C)c2C)S(=O)(=O)c2ccc(C)cc2)cc1. The molecule has 0 unspecified atom stereocenters. The van der Waals surface area contributed by atoms with Crippen LogP contribution in [0, 0.1) is 34.6 Å². The number of methoxy groups -OCH3 is 1. The van der Waals surface area contributed by atoms with Crippen LogP contribution in [-0.4, -0.2) is 38.8 Å². The zero-order valence-electron chi connectivity index (χ0n) is 23.6. The van der Waals surface area contributed by atoms with E-state index in [1.807, 2.05) is 26.8 Å². The Morgan fingerprint density at radius 3 is 2.20 bits per heavy atom. The molecule has 0 bridgehead atoms. The summed E-state index contributed by atoms with van der Waals surface area (Å²) in [5, 5.41) is 4.15. The van der Waals surface area contributed by atoms with Crippen LogP contribution in [0.1, 0.15) is 33.6 Å². The van der Waals surface area contributed by atoms with Crippen LogP contribution in [0.2, 0.25) is 0 Å². The number of hydrogen-bond donors (Lipinski definition) is 1. The summed E-state index contributed by atoms with van der Waals surface area (Å²) in [6.45, 7) is 9.58. The summed E-state index contributed by atoms with van der Waals surface area (Å²) in [5.41, 5.74) is 10.0. The molecule has 0 radical (unpaired) electrons. The Bertz CT molecular complexity index is 1650. The molecule has 1 N–H and O–H groups in total. The molecule has 1 aromatic heterocycles. The maximum absolute atomic E-state index is 13.6. The van der Waals surface area contributed by atoms with Crippen LogP contribution in [0.5, 0.6) is 5.75 Å². The molecule has 0 aliphatic heterocycles. The third kappa shape index (κ3) is 6.10. The van der Waals surface area contributed by atoms with E-state index in [1.165, 1.54) is 24.8 Å². The first-order chi connectivity index (χ1) is 19.0. The topological polar surface area (TPSA) is 93.0 Å². The van der Waals surface area contributed by atoms with Gasteiger partial charge in [-0.3, -0.25) is 9.10 Å². The lowest BCUT2D eigenvalue weighted by molar-refractivity contribution is -0.119. The van der Waals surface area contributed by atoms with Crippen molar-refractivity contribution in [1.82, 2.24) is 9.99 Å². The van der Waals surface area contributed by atoms with Crippen molar-refractivity contribution >= 4 is 27.8 Å². The van der Waals surface area contributed by atoms with Gasteiger partial charge in [0.05, 0.1) is 23.9 Å². The van der Waals surface area contributed by atoms with Gasteiger partial charge in [0, 0.05) is 22.6 Å². The summed E-state index contributed by atoms with van der Waals surface area (Å²) in [6, 6.07) is 21.3. The first kappa shape index (κ1) is 28.6. The third-order valence-corrected chi connectivity index (χ3v) is 8.50. The number of ether oxygens (including phenoxy) is 1. The van der Waals surface area contributed by atoms with Gasteiger partial charge < -0.3 is 9.30 Å². The molecule has 208 valence electrons. The smallest absolute Gasteiger partial charge is 0.264 e. The monoisotopic (exact) mass is 558 g/mol. The van der Waals surface area contributed by atoms with Gasteiger partial charge in [-0.1, -0.05) is 35.4 Å². The Kier molecular flexibility index (Phi) is 8.44. The van der Waals surface area contributed by atoms with Crippen molar-refractivity contribution in [2.24, 2.45) is 5.10 Å². The van der Waals surface area contributed by atoms with Crippen LogP contribution in [0.4, 0.5) is 5.69 Å². The molecule has 4 aromatic rings. The molecular weight excluding hydrogens is 524 g/mol. The van der Waals surface area contributed by atoms with Crippen LogP contribution in [0.3, 0.4) is 0 Å². The predicted molar refractivity (Wildman–Crippen MR) is 159 cm³/mol. The number of amides is 1. The predicted octanol–water partition coefficient (Wildman–Crippen LogP) is 5.37. The lowest BCUT2D eigenvalue weighted by Crippen LogP contribution is -2.39. The molecule has 1 amide bonds. The number of nitrogens with zero attached hydrogens (tertiary/aromatic N) is 3. The van der Waals surface area contributed by atoms with E-state index < -0.39 is 22.5 Å². The molecule has 0 fully saturated rings. The van der Waals surface area contributed by atoms with Crippen molar-refractivity contribution in [2.75, 3.05) is 18.0 Å². The molecule has 40 heavy (non-hydrogen) atoms. The fourth-order valence-electron chi connectivity index (χ4n) is 4.59. The van der Waals surface area contributed by atoms with Crippen LogP contribution >= 0.6 is 0 Å². The maximum atomic E-state index is 13.6. The van der Waals surface area contributed by atoms with Crippen LogP contribution in [0.25, 0.3) is 5.69 Å². The summed E-state index contributed by atoms with van der Waals surface area (Å²) in [6.07, 6.45) is 1.58. The number of aryl methyl sites for hydroxylation is 4. The Morgan fingerprint density at radius 2 is 1.57 bits per heavy atom. The molecule has 0 saturated carbocycles. The largest absolute Gasteiger partial charge is 0.497 e. The zero-order chi connectivity index (χ0) is 29.0. The highest BCUT2D eigenvalue weighted by Crippen LogP contribution is 2.26. The summed E-state index contributed by atoms with van der Waals surface area (Å²) in [5.74, 6) is -0.00476. The first-order valence-corrected chi connectivity index (χ1v) is 14.3. The van der Waals surface area contributed by atoms with Gasteiger partial charge in [-0.2, -0.15) is 5.10 Å². The first-order valence-electron chi connectivity index (χ1n) is 12.8. The Labute approximate surface area is 236 Å². The van der Waals surface area contributed by atoms with Gasteiger partial charge in [0.25, 0.3) is 15.9 Å². The van der Waals surface area contributed by atoms with E-state index in [4.69, 9.17) is 4.74 Å². The number of nitrogens with one attached hydrogen (secondary N) is 1. The van der Waals surface area contributed by atoms with Crippen molar-refractivity contribution in [3.63, 3.8) is 0 Å². The second kappa shape index (κ2) is 11.8. The number of anilines is 1. The number of benzene rings is 3. The summed E-state index contributed by atoms with van der Waals surface area (Å²) >= 11 is 0. The van der Waals surface area contributed by atoms with Crippen molar-refractivity contribution in [3.8, 4) is 11.4 Å². The van der Waals surface area contributed by atoms with Gasteiger partial charge in [-0.25, -0.2) is 13.8 Å². The minimum absolute atomic E-state index is 0.0871. The number of rotatable bonds is 9. The number of carbonyl (C=O) groups is 1. The summed E-state index contributed by atoms with van der Waals surface area (Å²) in [7, 11) is -2.50. The van der Waals surface area contributed by atoms with E-state index in [0.29, 0.717) is 11.4 Å². The highest BCUT2D eigenvalue weighted by Gasteiger charge is 2.27. The van der Waals surface area contributed by atoms with E-state index in [1.54, 1.807) is 42.6 Å². The van der Waals surface area contributed by atoms with E-state index in [2.05, 4.69) is 47.1 Å². The van der Waals surface area contributed by atoms with Gasteiger partial charge >= 0.3 is 0 Å². The summed E-state index contributed by atoms with van der Waals surface area (Å²) < 4.78 is 35.6. The Balaban J connectivity index is 1.56. The molecule has 9 heteroatoms. The van der Waals surface area contributed by atoms with Gasteiger partial charge in [0.1, 0.15) is 12.3 Å². The highest BCUT2D eigenvalue weighted by atomic mass is 32.2. The van der Waals surface area contributed by atoms with E-state index in [9.17, 15) is 13.2 Å². The molecule has 0 aliphatic rings. The average molecular weight is 559 g/mol. The van der Waals surface area contributed by atoms with Crippen molar-refractivity contribution in [3.05, 3.63) is 106 Å². The molecule has 0 spiro atoms. The average Bonchev–Trinajstić information content (AvgIpc) is 3.20. The van der Waals surface area contributed by atoms with Crippen molar-refractivity contribution < 1.29 is 17.9 Å². The number of carbonyl (C=O) groups excluding carboxylic acids is 1. The lowest BCUT2D eigenvalue weighted by atomic mass is 10.1. The number of hydrazone groups is 1. The molecule has 0 atom stereocenters. The van der Waals surface area contributed by atoms with Crippen molar-refractivity contribution in [2.45, 2.75) is 39.5 Å². The molecule has 3 aromatic carbocycles. The second-order valence-electron chi connectivity index (χ2n) is 9.77. The van der Waals surface area contributed by atoms with Gasteiger partial charge in [0.15, 0.2) is 0 Å². The van der Waals surface area contributed by atoms with Crippen molar-refractivity contribution in [1.29, 1.82) is 0 Å². The standard InChI is InChI=1S/C31H34N4O4S/c1-21-7-14-29(15-8-21)40(37,38)34(27-10-12-28(39-6)13-11-27)20-31(36)33-32-19-26-18-24(4)35(25(26)5)30-16-9-22(2)17-23(30)3/h7-19H,20H2,1-6H3,(H,33,36)/b32-19+. The molecule has 8 nitrogen and oxygen atoms in total. The molecule has 1 heterocycles. The van der Waals surface area contributed by atoms with Gasteiger partial charge in [-0.15, -0.1) is 0 Å². The molecular formula is C31H34N4O4S. The highest BCUT2D eigenvalue weighted by molar-refractivity contribution is 7.92. The summed E-state index contributed by atoms with van der Waals surface area (Å²) in [4.78, 5) is 13.1. The van der Waals surface area contributed by atoms with Crippen LogP contribution in [-0.2, 0) is 14.8 Å². The molecule has 0 saturated heterocycles. The fraction of sp³-hybridized carbons (Fsp3) is 0.226. The minimum Gasteiger partial charge on any atom is -0.497 e. The Morgan fingerprint density at radius 1 is 0.925 bits per heavy atom. The molecule has 0 aliphatic carbocycles. The second-order valence-corrected chi connectivity index (χ2v) is 11.6. The normalized spacial score (nSPS) is 11.6. The fourth-order valence-corrected chi connectivity index (χ4v) is 6.01. The van der Waals surface area contributed by atoms with Gasteiger partial charge in [0.2, 0.25) is 0 Å². The van der Waals surface area contributed by atoms with Crippen LogP contribution in [0.15, 0.2) is 82.8 Å². The number of aromatic nitrogens is 1. The maximum Gasteiger partial charge on any atom is 0.264 e. The lowest BCUT2D eigenvalue weighted by Gasteiger charge is -2.24. The van der Waals surface area contributed by atoms with E-state index >= 15 is 0 Å². The third-order valence-electron chi connectivity index (χ3n) is 6.71. The van der Waals surface area contributed by atoms with Crippen LogP contribution < -0.4 is 14.5 Å². The Hall–Kier alpha value is -4.37. The van der Waals surface area contributed by atoms with Gasteiger partial charge in [-0.05, 0) is 88.7 Å². The molecule has 4 rings (SSSR count). The minimum atomic E-state index is -4.03. The number of sulfonamides is 1. The van der Waals surface area contributed by atoms with E-state index in [0.717, 1.165) is 38.1 Å². The zero-order valence-corrected chi connectivity index (χ0v) is 24.4. The number of hydrogen-bond acceptors (Lipinski definition) is 5. The quantitative estimate of drug-likeness (QED) is 0.221.